The molecule has 0 radical (unpaired) electrons. The minimum Gasteiger partial charge on any atom is -0.445 e. The molecule has 0 aliphatic heterocycles. The van der Waals surface area contributed by atoms with Gasteiger partial charge in [0.1, 0.15) is 18.8 Å². The highest BCUT2D eigenvalue weighted by Crippen LogP contribution is 2.33. The number of nitrogens with one attached hydrogen (secondary N) is 2. The molecule has 0 fully saturated rings. The molecule has 5 aromatic rings. The quantitative estimate of drug-likeness (QED) is 0.301. The van der Waals surface area contributed by atoms with Crippen LogP contribution in [0.3, 0.4) is 0 Å². The molecule has 3 aromatic carbocycles. The molecule has 0 atom stereocenters. The Kier molecular flexibility index (Phi) is 7.03. The molecule has 0 bridgehead atoms. The van der Waals surface area contributed by atoms with Crippen LogP contribution in [-0.2, 0) is 11.3 Å². The minimum atomic E-state index is -0.472. The molecule has 0 aliphatic carbocycles. The van der Waals surface area contributed by atoms with Gasteiger partial charge in [0.2, 0.25) is 0 Å². The minimum absolute atomic E-state index is 0.222. The maximum Gasteiger partial charge on any atom is 0.407 e. The van der Waals surface area contributed by atoms with Crippen molar-refractivity contribution in [3.63, 3.8) is 0 Å². The van der Waals surface area contributed by atoms with E-state index in [4.69, 9.17) is 14.7 Å². The molecule has 8 nitrogen and oxygen atoms in total. The fourth-order valence-corrected chi connectivity index (χ4v) is 3.83. The summed E-state index contributed by atoms with van der Waals surface area (Å²) in [6, 6.07) is 25.7. The summed E-state index contributed by atoms with van der Waals surface area (Å²) >= 11 is 0. The lowest BCUT2D eigenvalue weighted by Gasteiger charge is -2.14. The molecule has 2 N–H and O–H groups in total. The molecule has 178 valence electrons. The second kappa shape index (κ2) is 11.1. The number of benzene rings is 3. The van der Waals surface area contributed by atoms with E-state index in [1.54, 1.807) is 12.4 Å². The Bertz CT molecular complexity index is 1450. The summed E-state index contributed by atoms with van der Waals surface area (Å²) in [5.41, 5.74) is 4.53. The number of alkyl carbamates (subject to hydrolysis) is 1. The van der Waals surface area contributed by atoms with Gasteiger partial charge in [0.15, 0.2) is 5.82 Å². The molecule has 2 aromatic heterocycles. The Labute approximate surface area is 208 Å². The fourth-order valence-electron chi connectivity index (χ4n) is 3.83. The monoisotopic (exact) mass is 476 g/mol. The Hall–Kier alpha value is -4.85. The lowest BCUT2D eigenvalue weighted by atomic mass is 10.0. The summed E-state index contributed by atoms with van der Waals surface area (Å²) in [7, 11) is 0. The lowest BCUT2D eigenvalue weighted by Crippen LogP contribution is -2.29. The summed E-state index contributed by atoms with van der Waals surface area (Å²) in [6.45, 7) is 1.02. The SMILES string of the molecule is O=C(NCCNc1nc(-c2cncnc2)nc2cccc(-c3ccccc3)c12)OCc1ccccc1. The van der Waals surface area contributed by atoms with Crippen molar-refractivity contribution in [3.8, 4) is 22.5 Å². The molecule has 0 unspecified atom stereocenters. The Balaban J connectivity index is 1.36. The first-order valence-corrected chi connectivity index (χ1v) is 11.6. The number of carbonyl (C=O) groups excluding carboxylic acids is 1. The first-order chi connectivity index (χ1) is 17.8. The smallest absolute Gasteiger partial charge is 0.407 e. The number of fused-ring (bicyclic) bond motifs is 1. The van der Waals surface area contributed by atoms with Crippen molar-refractivity contribution in [2.75, 3.05) is 18.4 Å². The summed E-state index contributed by atoms with van der Waals surface area (Å²) in [5, 5.41) is 7.05. The predicted octanol–water partition coefficient (Wildman–Crippen LogP) is 5.09. The van der Waals surface area contributed by atoms with Crippen LogP contribution >= 0.6 is 0 Å². The number of nitrogens with zero attached hydrogens (tertiary/aromatic N) is 4. The molecule has 2 heterocycles. The van der Waals surface area contributed by atoms with Crippen LogP contribution < -0.4 is 10.6 Å². The third kappa shape index (κ3) is 5.44. The molecule has 5 rings (SSSR count). The van der Waals surface area contributed by atoms with E-state index >= 15 is 0 Å². The topological polar surface area (TPSA) is 102 Å². The van der Waals surface area contributed by atoms with Gasteiger partial charge in [-0.05, 0) is 22.8 Å². The van der Waals surface area contributed by atoms with Gasteiger partial charge in [-0.2, -0.15) is 0 Å². The first kappa shape index (κ1) is 22.9. The van der Waals surface area contributed by atoms with Crippen LogP contribution in [0.2, 0.25) is 0 Å². The van der Waals surface area contributed by atoms with Crippen LogP contribution in [0.1, 0.15) is 5.56 Å². The van der Waals surface area contributed by atoms with Gasteiger partial charge < -0.3 is 15.4 Å². The molecule has 0 spiro atoms. The summed E-state index contributed by atoms with van der Waals surface area (Å²) < 4.78 is 5.29. The average Bonchev–Trinajstić information content (AvgIpc) is 2.95. The molecule has 8 heteroatoms. The van der Waals surface area contributed by atoms with E-state index in [0.717, 1.165) is 33.2 Å². The highest BCUT2D eigenvalue weighted by atomic mass is 16.5. The predicted molar refractivity (Wildman–Crippen MR) is 139 cm³/mol. The third-order valence-corrected chi connectivity index (χ3v) is 5.53. The number of ether oxygens (including phenoxy) is 1. The van der Waals surface area contributed by atoms with E-state index < -0.39 is 6.09 Å². The van der Waals surface area contributed by atoms with E-state index in [9.17, 15) is 4.79 Å². The second-order valence-electron chi connectivity index (χ2n) is 8.00. The molecule has 0 aliphatic rings. The highest BCUT2D eigenvalue weighted by Gasteiger charge is 2.14. The second-order valence-corrected chi connectivity index (χ2v) is 8.00. The number of rotatable bonds is 8. The van der Waals surface area contributed by atoms with Gasteiger partial charge in [0.05, 0.1) is 16.5 Å². The van der Waals surface area contributed by atoms with E-state index in [-0.39, 0.29) is 6.61 Å². The molecule has 0 saturated carbocycles. The van der Waals surface area contributed by atoms with Crippen molar-refractivity contribution in [1.29, 1.82) is 0 Å². The van der Waals surface area contributed by atoms with Gasteiger partial charge in [-0.15, -0.1) is 0 Å². The number of anilines is 1. The standard InChI is InChI=1S/C28H24N6O2/c35-28(36-18-20-8-3-1-4-9-20)32-15-14-31-27-25-23(21-10-5-2-6-11-21)12-7-13-24(25)33-26(34-27)22-16-29-19-30-17-22/h1-13,16-17,19H,14-15,18H2,(H,32,35)(H,31,33,34). The van der Waals surface area contributed by atoms with Gasteiger partial charge >= 0.3 is 6.09 Å². The van der Waals surface area contributed by atoms with E-state index in [2.05, 4.69) is 38.8 Å². The van der Waals surface area contributed by atoms with Crippen LogP contribution in [-0.4, -0.2) is 39.1 Å². The van der Waals surface area contributed by atoms with Crippen LogP contribution in [0.5, 0.6) is 0 Å². The average molecular weight is 477 g/mol. The maximum atomic E-state index is 12.1. The summed E-state index contributed by atoms with van der Waals surface area (Å²) in [5.74, 6) is 1.18. The molecule has 36 heavy (non-hydrogen) atoms. The maximum absolute atomic E-state index is 12.1. The number of hydrogen-bond donors (Lipinski definition) is 2. The van der Waals surface area contributed by atoms with Crippen molar-refractivity contribution in [1.82, 2.24) is 25.3 Å². The number of amides is 1. The van der Waals surface area contributed by atoms with E-state index in [0.29, 0.717) is 24.7 Å². The van der Waals surface area contributed by atoms with Crippen molar-refractivity contribution >= 4 is 22.8 Å². The Morgan fingerprint density at radius 2 is 1.53 bits per heavy atom. The van der Waals surface area contributed by atoms with Gasteiger partial charge in [0.25, 0.3) is 0 Å². The Morgan fingerprint density at radius 1 is 0.778 bits per heavy atom. The van der Waals surface area contributed by atoms with E-state index in [1.807, 2.05) is 60.7 Å². The van der Waals surface area contributed by atoms with Crippen molar-refractivity contribution in [2.45, 2.75) is 6.61 Å². The number of aromatic nitrogens is 4. The zero-order chi connectivity index (χ0) is 24.6. The van der Waals surface area contributed by atoms with Crippen LogP contribution in [0, 0.1) is 0 Å². The zero-order valence-electron chi connectivity index (χ0n) is 19.5. The Morgan fingerprint density at radius 3 is 2.31 bits per heavy atom. The lowest BCUT2D eigenvalue weighted by molar-refractivity contribution is 0.140. The molecular weight excluding hydrogens is 452 g/mol. The fraction of sp³-hybridized carbons (Fsp3) is 0.107. The van der Waals surface area contributed by atoms with Crippen LogP contribution in [0.25, 0.3) is 33.4 Å². The van der Waals surface area contributed by atoms with Crippen molar-refractivity contribution < 1.29 is 9.53 Å². The van der Waals surface area contributed by atoms with Gasteiger partial charge in [0, 0.05) is 25.5 Å². The number of hydrogen-bond acceptors (Lipinski definition) is 7. The third-order valence-electron chi connectivity index (χ3n) is 5.53. The van der Waals surface area contributed by atoms with Crippen molar-refractivity contribution in [2.24, 2.45) is 0 Å². The highest BCUT2D eigenvalue weighted by molar-refractivity contribution is 6.02. The van der Waals surface area contributed by atoms with Crippen LogP contribution in [0.15, 0.2) is 97.6 Å². The van der Waals surface area contributed by atoms with Gasteiger partial charge in [-0.1, -0.05) is 72.8 Å². The largest absolute Gasteiger partial charge is 0.445 e. The normalized spacial score (nSPS) is 10.7. The first-order valence-electron chi connectivity index (χ1n) is 11.6. The van der Waals surface area contributed by atoms with Gasteiger partial charge in [-0.25, -0.2) is 24.7 Å². The van der Waals surface area contributed by atoms with Crippen molar-refractivity contribution in [3.05, 3.63) is 103 Å². The van der Waals surface area contributed by atoms with E-state index in [1.165, 1.54) is 6.33 Å². The summed E-state index contributed by atoms with van der Waals surface area (Å²) in [4.78, 5) is 29.9. The summed E-state index contributed by atoms with van der Waals surface area (Å²) in [6.07, 6.45) is 4.37. The molecule has 1 amide bonds. The van der Waals surface area contributed by atoms with Crippen LogP contribution in [0.4, 0.5) is 10.6 Å². The molecule has 0 saturated heterocycles. The van der Waals surface area contributed by atoms with Gasteiger partial charge in [-0.3, -0.25) is 0 Å². The zero-order valence-corrected chi connectivity index (χ0v) is 19.5. The molecular formula is C28H24N6O2. The number of carbonyl (C=O) groups is 1.